The minimum Gasteiger partial charge on any atom is -0.493 e. The minimum absolute atomic E-state index is 0.190. The maximum atomic E-state index is 5.95. The second kappa shape index (κ2) is 8.90. The van der Waals surface area contributed by atoms with Gasteiger partial charge in [0.2, 0.25) is 0 Å². The molecule has 0 unspecified atom stereocenters. The molecule has 0 amide bonds. The second-order valence-electron chi connectivity index (χ2n) is 6.70. The first-order chi connectivity index (χ1) is 12.4. The van der Waals surface area contributed by atoms with Crippen molar-refractivity contribution < 1.29 is 9.47 Å². The molecule has 0 fully saturated rings. The quantitative estimate of drug-likeness (QED) is 0.679. The standard InChI is InChI=1S/C21H31N3O2/c1-8-24-17(6)20(16(5)23-24)15(4)22-12-18-10-9-11-19(25-7)21(18)26-13-14(2)3/h9-11,15,22H,2,8,12-13H2,1,3-7H3/t15-/m0/s1. The van der Waals surface area contributed by atoms with Crippen molar-refractivity contribution in [2.24, 2.45) is 0 Å². The van der Waals surface area contributed by atoms with E-state index in [2.05, 4.69) is 55.4 Å². The number of nitrogens with zero attached hydrogens (tertiary/aromatic N) is 2. The van der Waals surface area contributed by atoms with Crippen molar-refractivity contribution in [1.29, 1.82) is 0 Å². The highest BCUT2D eigenvalue weighted by Gasteiger charge is 2.18. The normalized spacial score (nSPS) is 12.1. The third kappa shape index (κ3) is 4.47. The van der Waals surface area contributed by atoms with Gasteiger partial charge in [0.1, 0.15) is 6.61 Å². The molecule has 0 aliphatic carbocycles. The average Bonchev–Trinajstić information content (AvgIpc) is 2.91. The lowest BCUT2D eigenvalue weighted by Gasteiger charge is -2.18. The third-order valence-corrected chi connectivity index (χ3v) is 4.51. The Morgan fingerprint density at radius 2 is 2.08 bits per heavy atom. The van der Waals surface area contributed by atoms with Crippen LogP contribution in [0.25, 0.3) is 0 Å². The molecule has 1 heterocycles. The fourth-order valence-electron chi connectivity index (χ4n) is 3.23. The summed E-state index contributed by atoms with van der Waals surface area (Å²) in [6, 6.07) is 6.15. The number of methoxy groups -OCH3 is 1. The number of aryl methyl sites for hydroxylation is 2. The van der Waals surface area contributed by atoms with Gasteiger partial charge < -0.3 is 14.8 Å². The van der Waals surface area contributed by atoms with E-state index < -0.39 is 0 Å². The molecule has 5 nitrogen and oxygen atoms in total. The van der Waals surface area contributed by atoms with Crippen LogP contribution < -0.4 is 14.8 Å². The van der Waals surface area contributed by atoms with Gasteiger partial charge >= 0.3 is 0 Å². The summed E-state index contributed by atoms with van der Waals surface area (Å²) in [4.78, 5) is 0. The lowest BCUT2D eigenvalue weighted by atomic mass is 10.1. The molecule has 0 aliphatic heterocycles. The number of aromatic nitrogens is 2. The monoisotopic (exact) mass is 357 g/mol. The molecule has 2 aromatic rings. The fourth-order valence-corrected chi connectivity index (χ4v) is 3.23. The van der Waals surface area contributed by atoms with Crippen molar-refractivity contribution in [2.45, 2.75) is 53.8 Å². The zero-order valence-corrected chi connectivity index (χ0v) is 16.8. The van der Waals surface area contributed by atoms with Crippen molar-refractivity contribution in [3.63, 3.8) is 0 Å². The Morgan fingerprint density at radius 1 is 1.35 bits per heavy atom. The molecule has 142 valence electrons. The van der Waals surface area contributed by atoms with Gasteiger partial charge in [-0.2, -0.15) is 5.10 Å². The number of nitrogens with one attached hydrogen (secondary N) is 1. The molecular weight excluding hydrogens is 326 g/mol. The average molecular weight is 357 g/mol. The van der Waals surface area contributed by atoms with Crippen LogP contribution in [0.5, 0.6) is 11.5 Å². The fraction of sp³-hybridized carbons (Fsp3) is 0.476. The second-order valence-corrected chi connectivity index (χ2v) is 6.70. The molecule has 2 rings (SSSR count). The summed E-state index contributed by atoms with van der Waals surface area (Å²) in [5.74, 6) is 1.51. The molecule has 0 radical (unpaired) electrons. The first-order valence-electron chi connectivity index (χ1n) is 9.09. The largest absolute Gasteiger partial charge is 0.493 e. The SMILES string of the molecule is C=C(C)COc1c(CN[C@@H](C)c2c(C)nn(CC)c2C)cccc1OC. The van der Waals surface area contributed by atoms with Crippen LogP contribution in [-0.4, -0.2) is 23.5 Å². The van der Waals surface area contributed by atoms with Crippen LogP contribution in [-0.2, 0) is 13.1 Å². The summed E-state index contributed by atoms with van der Waals surface area (Å²) in [5, 5.41) is 8.22. The lowest BCUT2D eigenvalue weighted by molar-refractivity contribution is 0.315. The summed E-state index contributed by atoms with van der Waals surface area (Å²) in [5.41, 5.74) is 5.60. The summed E-state index contributed by atoms with van der Waals surface area (Å²) in [6.45, 7) is 16.4. The van der Waals surface area contributed by atoms with E-state index in [1.807, 2.05) is 19.1 Å². The Labute approximate surface area is 157 Å². The zero-order chi connectivity index (χ0) is 19.3. The van der Waals surface area contributed by atoms with Gasteiger partial charge in [-0.25, -0.2) is 0 Å². The predicted octanol–water partition coefficient (Wildman–Crippen LogP) is 4.33. The molecule has 26 heavy (non-hydrogen) atoms. The molecule has 0 saturated heterocycles. The van der Waals surface area contributed by atoms with Crippen LogP contribution in [0, 0.1) is 13.8 Å². The van der Waals surface area contributed by atoms with E-state index in [0.29, 0.717) is 13.2 Å². The summed E-state index contributed by atoms with van der Waals surface area (Å²) < 4.78 is 13.5. The number of para-hydroxylation sites is 1. The Morgan fingerprint density at radius 3 is 2.65 bits per heavy atom. The van der Waals surface area contributed by atoms with E-state index in [0.717, 1.165) is 34.9 Å². The van der Waals surface area contributed by atoms with E-state index in [4.69, 9.17) is 9.47 Å². The molecule has 0 saturated carbocycles. The molecule has 1 aromatic carbocycles. The van der Waals surface area contributed by atoms with Gasteiger partial charge in [0, 0.05) is 36.0 Å². The molecule has 0 spiro atoms. The lowest BCUT2D eigenvalue weighted by Crippen LogP contribution is -2.20. The topological polar surface area (TPSA) is 48.3 Å². The highest BCUT2D eigenvalue weighted by Crippen LogP contribution is 2.32. The van der Waals surface area contributed by atoms with Gasteiger partial charge in [-0.1, -0.05) is 18.7 Å². The smallest absolute Gasteiger partial charge is 0.166 e. The van der Waals surface area contributed by atoms with E-state index in [1.54, 1.807) is 7.11 Å². The van der Waals surface area contributed by atoms with Crippen molar-refractivity contribution in [3.05, 3.63) is 52.9 Å². The maximum Gasteiger partial charge on any atom is 0.166 e. The van der Waals surface area contributed by atoms with Gasteiger partial charge in [0.05, 0.1) is 12.8 Å². The Balaban J connectivity index is 2.18. The van der Waals surface area contributed by atoms with Crippen LogP contribution in [0.1, 0.15) is 49.3 Å². The zero-order valence-electron chi connectivity index (χ0n) is 16.8. The summed E-state index contributed by atoms with van der Waals surface area (Å²) in [6.07, 6.45) is 0. The summed E-state index contributed by atoms with van der Waals surface area (Å²) >= 11 is 0. The third-order valence-electron chi connectivity index (χ3n) is 4.51. The van der Waals surface area contributed by atoms with Crippen LogP contribution in [0.15, 0.2) is 30.4 Å². The highest BCUT2D eigenvalue weighted by molar-refractivity contribution is 5.47. The van der Waals surface area contributed by atoms with Crippen molar-refractivity contribution in [3.8, 4) is 11.5 Å². The number of hydrogen-bond donors (Lipinski definition) is 1. The van der Waals surface area contributed by atoms with Gasteiger partial charge in [-0.05, 0) is 46.3 Å². The minimum atomic E-state index is 0.190. The maximum absolute atomic E-state index is 5.95. The Hall–Kier alpha value is -2.27. The number of benzene rings is 1. The molecular formula is C21H31N3O2. The number of hydrogen-bond acceptors (Lipinski definition) is 4. The molecule has 0 bridgehead atoms. The van der Waals surface area contributed by atoms with Crippen LogP contribution in [0.3, 0.4) is 0 Å². The van der Waals surface area contributed by atoms with E-state index in [1.165, 1.54) is 11.3 Å². The van der Waals surface area contributed by atoms with Gasteiger partial charge in [0.25, 0.3) is 0 Å². The van der Waals surface area contributed by atoms with Crippen molar-refractivity contribution >= 4 is 0 Å². The van der Waals surface area contributed by atoms with Crippen LogP contribution in [0.2, 0.25) is 0 Å². The van der Waals surface area contributed by atoms with Gasteiger partial charge in [-0.15, -0.1) is 0 Å². The first kappa shape index (κ1) is 20.0. The van der Waals surface area contributed by atoms with E-state index in [9.17, 15) is 0 Å². The molecule has 1 N–H and O–H groups in total. The Kier molecular flexibility index (Phi) is 6.86. The predicted molar refractivity (Wildman–Crippen MR) is 106 cm³/mol. The molecule has 5 heteroatoms. The van der Waals surface area contributed by atoms with E-state index >= 15 is 0 Å². The molecule has 1 atom stereocenters. The van der Waals surface area contributed by atoms with Crippen LogP contribution >= 0.6 is 0 Å². The van der Waals surface area contributed by atoms with E-state index in [-0.39, 0.29) is 6.04 Å². The van der Waals surface area contributed by atoms with Crippen molar-refractivity contribution in [1.82, 2.24) is 15.1 Å². The highest BCUT2D eigenvalue weighted by atomic mass is 16.5. The van der Waals surface area contributed by atoms with Gasteiger partial charge in [0.15, 0.2) is 11.5 Å². The molecule has 1 aromatic heterocycles. The first-order valence-corrected chi connectivity index (χ1v) is 9.09. The molecule has 0 aliphatic rings. The Bertz CT molecular complexity index is 765. The number of rotatable bonds is 9. The van der Waals surface area contributed by atoms with Crippen LogP contribution in [0.4, 0.5) is 0 Å². The number of ether oxygens (including phenoxy) is 2. The summed E-state index contributed by atoms with van der Waals surface area (Å²) in [7, 11) is 1.66. The van der Waals surface area contributed by atoms with Crippen molar-refractivity contribution in [2.75, 3.05) is 13.7 Å². The van der Waals surface area contributed by atoms with Gasteiger partial charge in [-0.3, -0.25) is 4.68 Å².